The zero-order chi connectivity index (χ0) is 6.85. The van der Waals surface area contributed by atoms with Crippen LogP contribution in [0.25, 0.3) is 0 Å². The van der Waals surface area contributed by atoms with Gasteiger partial charge in [0.2, 0.25) is 0 Å². The first kappa shape index (κ1) is 6.53. The van der Waals surface area contributed by atoms with Crippen LogP contribution in [-0.2, 0) is 4.79 Å². The van der Waals surface area contributed by atoms with Gasteiger partial charge in [-0.2, -0.15) is 0 Å². The summed E-state index contributed by atoms with van der Waals surface area (Å²) in [5.41, 5.74) is 0. The van der Waals surface area contributed by atoms with Crippen LogP contribution in [0.15, 0.2) is 12.2 Å². The zero-order valence-electron chi connectivity index (χ0n) is 5.92. The Bertz CT molecular complexity index is 145. The van der Waals surface area contributed by atoms with Crippen LogP contribution in [0.5, 0.6) is 0 Å². The Labute approximate surface area is 55.8 Å². The number of ketones is 1. The van der Waals surface area contributed by atoms with Crippen LogP contribution in [0.3, 0.4) is 0 Å². The highest BCUT2D eigenvalue weighted by atomic mass is 16.1. The van der Waals surface area contributed by atoms with Gasteiger partial charge < -0.3 is 0 Å². The van der Waals surface area contributed by atoms with E-state index in [0.29, 0.717) is 11.7 Å². The molecule has 0 radical (unpaired) electrons. The normalized spacial score (nSPS) is 26.1. The molecule has 0 heterocycles. The molecule has 1 rings (SSSR count). The summed E-state index contributed by atoms with van der Waals surface area (Å²) in [6.45, 7) is 4.19. The van der Waals surface area contributed by atoms with Gasteiger partial charge in [0.05, 0.1) is 0 Å². The van der Waals surface area contributed by atoms with Gasteiger partial charge in [0, 0.05) is 5.92 Å². The summed E-state index contributed by atoms with van der Waals surface area (Å²) in [6.07, 6.45) is 4.62. The minimum absolute atomic E-state index is 0.282. The van der Waals surface area contributed by atoms with E-state index in [4.69, 9.17) is 0 Å². The Morgan fingerprint density at radius 2 is 2.33 bits per heavy atom. The lowest BCUT2D eigenvalue weighted by molar-refractivity contribution is -0.118. The lowest BCUT2D eigenvalue weighted by Gasteiger charge is -2.10. The topological polar surface area (TPSA) is 17.1 Å². The molecule has 0 saturated carbocycles. The van der Waals surface area contributed by atoms with Crippen molar-refractivity contribution in [2.75, 3.05) is 0 Å². The lowest BCUT2D eigenvalue weighted by atomic mass is 9.93. The molecule has 0 aromatic rings. The van der Waals surface area contributed by atoms with Crippen molar-refractivity contribution >= 4 is 5.78 Å². The number of carbonyl (C=O) groups excluding carboxylic acids is 1. The minimum atomic E-state index is 0.282. The van der Waals surface area contributed by atoms with Gasteiger partial charge >= 0.3 is 0 Å². The molecule has 0 aromatic carbocycles. The molecule has 1 heteroatoms. The summed E-state index contributed by atoms with van der Waals surface area (Å²) < 4.78 is 0. The molecule has 1 unspecified atom stereocenters. The van der Waals surface area contributed by atoms with Crippen molar-refractivity contribution in [3.63, 3.8) is 0 Å². The molecule has 50 valence electrons. The summed E-state index contributed by atoms with van der Waals surface area (Å²) >= 11 is 0. The van der Waals surface area contributed by atoms with Crippen molar-refractivity contribution in [3.8, 4) is 0 Å². The Morgan fingerprint density at radius 1 is 1.67 bits per heavy atom. The molecule has 0 bridgehead atoms. The highest BCUT2D eigenvalue weighted by molar-refractivity contribution is 5.94. The van der Waals surface area contributed by atoms with E-state index in [1.807, 2.05) is 6.08 Å². The van der Waals surface area contributed by atoms with Gasteiger partial charge in [0.1, 0.15) is 0 Å². The molecule has 0 N–H and O–H groups in total. The van der Waals surface area contributed by atoms with E-state index in [9.17, 15) is 4.79 Å². The van der Waals surface area contributed by atoms with E-state index in [0.717, 1.165) is 6.42 Å². The fourth-order valence-electron chi connectivity index (χ4n) is 1.17. The second-order valence-electron chi connectivity index (χ2n) is 2.89. The van der Waals surface area contributed by atoms with Gasteiger partial charge in [-0.3, -0.25) is 4.79 Å². The largest absolute Gasteiger partial charge is 0.295 e. The molecular weight excluding hydrogens is 112 g/mol. The average Bonchev–Trinajstić information content (AvgIpc) is 2.13. The summed E-state index contributed by atoms with van der Waals surface area (Å²) in [7, 11) is 0. The van der Waals surface area contributed by atoms with E-state index in [-0.39, 0.29) is 5.92 Å². The molecule has 0 spiro atoms. The average molecular weight is 124 g/mol. The van der Waals surface area contributed by atoms with Crippen molar-refractivity contribution in [1.82, 2.24) is 0 Å². The van der Waals surface area contributed by atoms with Crippen LogP contribution < -0.4 is 0 Å². The van der Waals surface area contributed by atoms with Crippen molar-refractivity contribution in [2.24, 2.45) is 11.8 Å². The Hall–Kier alpha value is -0.590. The quantitative estimate of drug-likeness (QED) is 0.520. The van der Waals surface area contributed by atoms with Crippen LogP contribution >= 0.6 is 0 Å². The summed E-state index contributed by atoms with van der Waals surface area (Å²) in [5, 5.41) is 0. The summed E-state index contributed by atoms with van der Waals surface area (Å²) in [6, 6.07) is 0. The third-order valence-electron chi connectivity index (χ3n) is 1.84. The monoisotopic (exact) mass is 124 g/mol. The molecular formula is C8H12O. The van der Waals surface area contributed by atoms with Crippen LogP contribution in [-0.4, -0.2) is 5.78 Å². The second kappa shape index (κ2) is 2.34. The fourth-order valence-corrected chi connectivity index (χ4v) is 1.17. The smallest absolute Gasteiger partial charge is 0.159 e. The summed E-state index contributed by atoms with van der Waals surface area (Å²) in [4.78, 5) is 10.9. The van der Waals surface area contributed by atoms with Crippen molar-refractivity contribution in [3.05, 3.63) is 12.2 Å². The number of allylic oxidation sites excluding steroid dienone is 2. The molecule has 0 fully saturated rings. The summed E-state index contributed by atoms with van der Waals surface area (Å²) in [5.74, 6) is 1.10. The Kier molecular flexibility index (Phi) is 1.70. The highest BCUT2D eigenvalue weighted by Crippen LogP contribution is 2.21. The molecule has 1 aliphatic carbocycles. The maximum absolute atomic E-state index is 10.9. The number of hydrogen-bond donors (Lipinski definition) is 0. The van der Waals surface area contributed by atoms with E-state index in [1.54, 1.807) is 6.08 Å². The number of carbonyl (C=O) groups is 1. The second-order valence-corrected chi connectivity index (χ2v) is 2.89. The van der Waals surface area contributed by atoms with Crippen molar-refractivity contribution < 1.29 is 4.79 Å². The molecule has 1 aliphatic rings. The molecule has 0 saturated heterocycles. The van der Waals surface area contributed by atoms with E-state index in [2.05, 4.69) is 13.8 Å². The van der Waals surface area contributed by atoms with Crippen molar-refractivity contribution in [1.29, 1.82) is 0 Å². The molecule has 0 amide bonds. The van der Waals surface area contributed by atoms with Gasteiger partial charge in [-0.05, 0) is 18.4 Å². The van der Waals surface area contributed by atoms with Gasteiger partial charge in [0.25, 0.3) is 0 Å². The number of rotatable bonds is 1. The van der Waals surface area contributed by atoms with E-state index >= 15 is 0 Å². The zero-order valence-corrected chi connectivity index (χ0v) is 5.92. The van der Waals surface area contributed by atoms with E-state index in [1.165, 1.54) is 0 Å². The first-order chi connectivity index (χ1) is 4.22. The van der Waals surface area contributed by atoms with Crippen molar-refractivity contribution in [2.45, 2.75) is 20.3 Å². The Morgan fingerprint density at radius 3 is 2.56 bits per heavy atom. The fraction of sp³-hybridized carbons (Fsp3) is 0.625. The molecule has 0 aliphatic heterocycles. The third kappa shape index (κ3) is 1.21. The highest BCUT2D eigenvalue weighted by Gasteiger charge is 2.21. The van der Waals surface area contributed by atoms with Crippen LogP contribution in [0.4, 0.5) is 0 Å². The maximum Gasteiger partial charge on any atom is 0.159 e. The third-order valence-corrected chi connectivity index (χ3v) is 1.84. The van der Waals surface area contributed by atoms with Crippen LogP contribution in [0.2, 0.25) is 0 Å². The first-order valence-corrected chi connectivity index (χ1v) is 3.42. The molecule has 1 atom stereocenters. The minimum Gasteiger partial charge on any atom is -0.295 e. The SMILES string of the molecule is CC(C)C1CC=CC1=O. The van der Waals surface area contributed by atoms with Gasteiger partial charge in [0.15, 0.2) is 5.78 Å². The van der Waals surface area contributed by atoms with E-state index < -0.39 is 0 Å². The standard InChI is InChI=1S/C8H12O/c1-6(2)7-4-3-5-8(7)9/h3,5-7H,4H2,1-2H3. The first-order valence-electron chi connectivity index (χ1n) is 3.42. The lowest BCUT2D eigenvalue weighted by Crippen LogP contribution is -2.13. The number of hydrogen-bond acceptors (Lipinski definition) is 1. The maximum atomic E-state index is 10.9. The molecule has 0 aromatic heterocycles. The molecule has 9 heavy (non-hydrogen) atoms. The van der Waals surface area contributed by atoms with Crippen LogP contribution in [0.1, 0.15) is 20.3 Å². The predicted molar refractivity (Wildman–Crippen MR) is 37.1 cm³/mol. The van der Waals surface area contributed by atoms with Crippen LogP contribution in [0, 0.1) is 11.8 Å². The van der Waals surface area contributed by atoms with Gasteiger partial charge in [-0.25, -0.2) is 0 Å². The predicted octanol–water partition coefficient (Wildman–Crippen LogP) is 1.79. The van der Waals surface area contributed by atoms with Gasteiger partial charge in [-0.1, -0.05) is 19.9 Å². The Balaban J connectivity index is 2.56. The van der Waals surface area contributed by atoms with Gasteiger partial charge in [-0.15, -0.1) is 0 Å². The molecule has 1 nitrogen and oxygen atoms in total.